The second-order valence-corrected chi connectivity index (χ2v) is 11.2. The Labute approximate surface area is 184 Å². The molecule has 0 saturated carbocycles. The van der Waals surface area contributed by atoms with Crippen LogP contribution in [-0.2, 0) is 24.8 Å². The van der Waals surface area contributed by atoms with Crippen molar-refractivity contribution in [3.8, 4) is 0 Å². The number of carbonyl (C=O) groups is 1. The lowest BCUT2D eigenvalue weighted by molar-refractivity contribution is 0.0405. The van der Waals surface area contributed by atoms with Crippen molar-refractivity contribution in [1.82, 2.24) is 18.4 Å². The van der Waals surface area contributed by atoms with Crippen LogP contribution in [0.5, 0.6) is 0 Å². The predicted octanol–water partition coefficient (Wildman–Crippen LogP) is 0.476. The molecule has 0 bridgehead atoms. The van der Waals surface area contributed by atoms with Gasteiger partial charge >= 0.3 is 6.03 Å². The van der Waals surface area contributed by atoms with E-state index in [1.54, 1.807) is 23.6 Å². The fourth-order valence-electron chi connectivity index (χ4n) is 3.72. The van der Waals surface area contributed by atoms with Crippen LogP contribution in [0.1, 0.15) is 13.8 Å². The maximum atomic E-state index is 13.0. The fourth-order valence-corrected chi connectivity index (χ4v) is 6.60. The van der Waals surface area contributed by atoms with Crippen LogP contribution < -0.4 is 0 Å². The summed E-state index contributed by atoms with van der Waals surface area (Å²) in [6.07, 6.45) is 0. The molecule has 0 aromatic heterocycles. The largest absolute Gasteiger partial charge is 0.378 e. The van der Waals surface area contributed by atoms with Crippen molar-refractivity contribution in [2.75, 3.05) is 65.6 Å². The highest BCUT2D eigenvalue weighted by Gasteiger charge is 2.32. The Hall–Kier alpha value is -1.73. The number of urea groups is 1. The number of carbonyl (C=O) groups excluding carboxylic acids is 1. The van der Waals surface area contributed by atoms with Gasteiger partial charge in [0.2, 0.25) is 20.0 Å². The predicted molar refractivity (Wildman–Crippen MR) is 115 cm³/mol. The minimum absolute atomic E-state index is 0.0407. The average Bonchev–Trinajstić information content (AvgIpc) is 2.80. The molecule has 10 nitrogen and oxygen atoms in total. The van der Waals surface area contributed by atoms with Crippen molar-refractivity contribution in [1.29, 1.82) is 0 Å². The summed E-state index contributed by atoms with van der Waals surface area (Å²) >= 11 is 0. The zero-order chi connectivity index (χ0) is 22.6. The highest BCUT2D eigenvalue weighted by molar-refractivity contribution is 7.89. The molecule has 174 valence electrons. The van der Waals surface area contributed by atoms with E-state index in [-0.39, 0.29) is 28.9 Å². The van der Waals surface area contributed by atoms with Gasteiger partial charge in [-0.1, -0.05) is 13.8 Å². The van der Waals surface area contributed by atoms with Crippen LogP contribution in [-0.4, -0.2) is 107 Å². The third-order valence-electron chi connectivity index (χ3n) is 5.60. The Morgan fingerprint density at radius 2 is 1.32 bits per heavy atom. The minimum Gasteiger partial charge on any atom is -0.378 e. The zero-order valence-corrected chi connectivity index (χ0v) is 19.6. The number of ether oxygens (including phenoxy) is 1. The molecule has 2 saturated heterocycles. The summed E-state index contributed by atoms with van der Waals surface area (Å²) < 4.78 is 59.1. The minimum atomic E-state index is -3.78. The summed E-state index contributed by atoms with van der Waals surface area (Å²) in [4.78, 5) is 16.1. The molecule has 0 spiro atoms. The van der Waals surface area contributed by atoms with Crippen LogP contribution >= 0.6 is 0 Å². The van der Waals surface area contributed by atoms with E-state index in [1.165, 1.54) is 32.9 Å². The maximum Gasteiger partial charge on any atom is 0.320 e. The number of amides is 2. The smallest absolute Gasteiger partial charge is 0.320 e. The molecule has 2 amide bonds. The third-order valence-corrected chi connectivity index (χ3v) is 9.57. The van der Waals surface area contributed by atoms with Crippen molar-refractivity contribution in [3.05, 3.63) is 24.3 Å². The first kappa shape index (κ1) is 23.9. The summed E-state index contributed by atoms with van der Waals surface area (Å²) in [7, 11) is -7.43. The quantitative estimate of drug-likeness (QED) is 0.593. The van der Waals surface area contributed by atoms with Gasteiger partial charge in [-0.2, -0.15) is 8.61 Å². The van der Waals surface area contributed by atoms with Gasteiger partial charge in [0.05, 0.1) is 23.0 Å². The van der Waals surface area contributed by atoms with E-state index in [4.69, 9.17) is 4.74 Å². The van der Waals surface area contributed by atoms with Crippen LogP contribution in [0.2, 0.25) is 0 Å². The van der Waals surface area contributed by atoms with Crippen LogP contribution in [0, 0.1) is 0 Å². The van der Waals surface area contributed by atoms with E-state index in [1.807, 2.05) is 0 Å². The Morgan fingerprint density at radius 3 is 1.84 bits per heavy atom. The number of sulfonamides is 2. The zero-order valence-electron chi connectivity index (χ0n) is 17.9. The molecule has 31 heavy (non-hydrogen) atoms. The Balaban J connectivity index is 1.66. The molecule has 0 radical (unpaired) electrons. The van der Waals surface area contributed by atoms with Gasteiger partial charge in [-0.3, -0.25) is 0 Å². The van der Waals surface area contributed by atoms with Gasteiger partial charge in [-0.05, 0) is 24.3 Å². The topological polar surface area (TPSA) is 108 Å². The molecular weight excluding hydrogens is 444 g/mol. The SMILES string of the molecule is CCN(CC)S(=O)(=O)c1ccc(S(=O)(=O)N2CCN(C(=O)N3CCOCC3)CC2)cc1. The maximum absolute atomic E-state index is 13.0. The summed E-state index contributed by atoms with van der Waals surface area (Å²) in [5.41, 5.74) is 0. The summed E-state index contributed by atoms with van der Waals surface area (Å²) in [5, 5.41) is 0. The molecule has 12 heteroatoms. The van der Waals surface area contributed by atoms with Gasteiger partial charge in [0.25, 0.3) is 0 Å². The molecule has 0 atom stereocenters. The van der Waals surface area contributed by atoms with E-state index in [9.17, 15) is 21.6 Å². The van der Waals surface area contributed by atoms with E-state index in [2.05, 4.69) is 0 Å². The highest BCUT2D eigenvalue weighted by atomic mass is 32.2. The van der Waals surface area contributed by atoms with E-state index < -0.39 is 20.0 Å². The summed E-state index contributed by atoms with van der Waals surface area (Å²) in [6, 6.07) is 5.23. The number of hydrogen-bond donors (Lipinski definition) is 0. The van der Waals surface area contributed by atoms with Gasteiger partial charge in [0.1, 0.15) is 0 Å². The molecule has 0 aliphatic carbocycles. The van der Waals surface area contributed by atoms with E-state index in [0.717, 1.165) is 0 Å². The van der Waals surface area contributed by atoms with Crippen molar-refractivity contribution in [2.45, 2.75) is 23.6 Å². The molecule has 0 unspecified atom stereocenters. The first-order valence-corrected chi connectivity index (χ1v) is 13.3. The molecule has 3 rings (SSSR count). The first-order valence-electron chi connectivity index (χ1n) is 10.4. The number of hydrogen-bond acceptors (Lipinski definition) is 6. The Morgan fingerprint density at radius 1 is 0.839 bits per heavy atom. The Kier molecular flexibility index (Phi) is 7.58. The third kappa shape index (κ3) is 5.03. The molecular formula is C19H30N4O6S2. The van der Waals surface area contributed by atoms with Crippen molar-refractivity contribution < 1.29 is 26.4 Å². The van der Waals surface area contributed by atoms with Gasteiger partial charge in [-0.15, -0.1) is 0 Å². The lowest BCUT2D eigenvalue weighted by Crippen LogP contribution is -2.55. The molecule has 2 aliphatic rings. The second-order valence-electron chi connectivity index (χ2n) is 7.33. The average molecular weight is 475 g/mol. The number of rotatable bonds is 6. The van der Waals surface area contributed by atoms with Gasteiger partial charge in [0.15, 0.2) is 0 Å². The lowest BCUT2D eigenvalue weighted by atomic mass is 10.3. The van der Waals surface area contributed by atoms with Gasteiger partial charge < -0.3 is 14.5 Å². The van der Waals surface area contributed by atoms with Gasteiger partial charge in [-0.25, -0.2) is 21.6 Å². The summed E-state index contributed by atoms with van der Waals surface area (Å²) in [5.74, 6) is 0. The monoisotopic (exact) mass is 474 g/mol. The van der Waals surface area contributed by atoms with Crippen LogP contribution in [0.4, 0.5) is 4.79 Å². The normalized spacial score (nSPS) is 19.1. The number of nitrogens with zero attached hydrogens (tertiary/aromatic N) is 4. The number of benzene rings is 1. The Bertz CT molecular complexity index is 963. The molecule has 1 aromatic carbocycles. The van der Waals surface area contributed by atoms with E-state index >= 15 is 0 Å². The number of piperazine rings is 1. The standard InChI is InChI=1S/C19H30N4O6S2/c1-3-22(4-2)30(25,26)17-5-7-18(8-6-17)31(27,28)23-11-9-20(10-12-23)19(24)21-13-15-29-16-14-21/h5-8H,3-4,9-16H2,1-2H3. The van der Waals surface area contributed by atoms with Crippen LogP contribution in [0.25, 0.3) is 0 Å². The molecule has 2 heterocycles. The fraction of sp³-hybridized carbons (Fsp3) is 0.632. The molecule has 1 aromatic rings. The van der Waals surface area contributed by atoms with E-state index in [0.29, 0.717) is 52.5 Å². The van der Waals surface area contributed by atoms with Crippen LogP contribution in [0.3, 0.4) is 0 Å². The van der Waals surface area contributed by atoms with Crippen molar-refractivity contribution in [3.63, 3.8) is 0 Å². The second kappa shape index (κ2) is 9.82. The van der Waals surface area contributed by atoms with Crippen LogP contribution in [0.15, 0.2) is 34.1 Å². The van der Waals surface area contributed by atoms with Gasteiger partial charge in [0, 0.05) is 52.4 Å². The molecule has 2 fully saturated rings. The van der Waals surface area contributed by atoms with Crippen molar-refractivity contribution in [2.24, 2.45) is 0 Å². The number of morpholine rings is 1. The highest BCUT2D eigenvalue weighted by Crippen LogP contribution is 2.22. The van der Waals surface area contributed by atoms with Crippen molar-refractivity contribution >= 4 is 26.1 Å². The molecule has 2 aliphatic heterocycles. The lowest BCUT2D eigenvalue weighted by Gasteiger charge is -2.38. The first-order chi connectivity index (χ1) is 14.7. The molecule has 0 N–H and O–H groups in total. The summed E-state index contributed by atoms with van der Waals surface area (Å²) in [6.45, 7) is 7.30.